The number of nitrogens with one attached hydrogen (secondary N) is 3. The fourth-order valence-corrected chi connectivity index (χ4v) is 1.60. The highest BCUT2D eigenvalue weighted by molar-refractivity contribution is 5.85. The first kappa shape index (κ1) is 14.9. The number of carbonyl (C=O) groups excluding carboxylic acids is 1. The first-order chi connectivity index (χ1) is 10.1. The summed E-state index contributed by atoms with van der Waals surface area (Å²) in [5, 5.41) is 18.2. The third-order valence-electron chi connectivity index (χ3n) is 2.59. The number of hydrogen-bond acceptors (Lipinski definition) is 6. The Morgan fingerprint density at radius 3 is 3.14 bits per heavy atom. The van der Waals surface area contributed by atoms with Crippen molar-refractivity contribution in [2.45, 2.75) is 13.3 Å². The lowest BCUT2D eigenvalue weighted by Crippen LogP contribution is -2.59. The summed E-state index contributed by atoms with van der Waals surface area (Å²) in [5.74, 6) is -0.439. The van der Waals surface area contributed by atoms with E-state index in [1.165, 1.54) is 23.4 Å². The zero-order valence-corrected chi connectivity index (χ0v) is 11.2. The molecule has 2 amide bonds. The molecule has 0 saturated carbocycles. The quantitative estimate of drug-likeness (QED) is 0.463. The van der Waals surface area contributed by atoms with E-state index >= 15 is 0 Å². The molecule has 1 unspecified atom stereocenters. The summed E-state index contributed by atoms with van der Waals surface area (Å²) in [4.78, 5) is 11.6. The second-order valence-corrected chi connectivity index (χ2v) is 4.31. The SMILES string of the molecule is CC1=NNC(O)N(NC(=O)N/N=C/c2ccccc2F)C1. The largest absolute Gasteiger partial charge is 0.359 e. The van der Waals surface area contributed by atoms with Crippen LogP contribution in [0.4, 0.5) is 9.18 Å². The Kier molecular flexibility index (Phi) is 4.80. The van der Waals surface area contributed by atoms with Gasteiger partial charge in [-0.3, -0.25) is 10.9 Å². The van der Waals surface area contributed by atoms with E-state index in [2.05, 4.69) is 26.5 Å². The number of benzene rings is 1. The number of hydrazine groups is 1. The van der Waals surface area contributed by atoms with Crippen LogP contribution < -0.4 is 16.3 Å². The summed E-state index contributed by atoms with van der Waals surface area (Å²) >= 11 is 0. The van der Waals surface area contributed by atoms with Crippen LogP contribution in [0, 0.1) is 5.82 Å². The third kappa shape index (κ3) is 4.23. The zero-order valence-electron chi connectivity index (χ0n) is 11.2. The van der Waals surface area contributed by atoms with Gasteiger partial charge in [0, 0.05) is 5.56 Å². The normalized spacial score (nSPS) is 19.0. The second kappa shape index (κ2) is 6.77. The fraction of sp³-hybridized carbons (Fsp3) is 0.250. The van der Waals surface area contributed by atoms with E-state index in [1.54, 1.807) is 19.1 Å². The Labute approximate surface area is 120 Å². The molecule has 9 heteroatoms. The van der Waals surface area contributed by atoms with E-state index in [9.17, 15) is 14.3 Å². The average molecular weight is 294 g/mol. The van der Waals surface area contributed by atoms with Gasteiger partial charge in [0.2, 0.25) is 6.35 Å². The zero-order chi connectivity index (χ0) is 15.2. The molecule has 1 aromatic rings. The molecule has 1 heterocycles. The van der Waals surface area contributed by atoms with Crippen molar-refractivity contribution >= 4 is 18.0 Å². The summed E-state index contributed by atoms with van der Waals surface area (Å²) < 4.78 is 13.3. The number of halogens is 1. The third-order valence-corrected chi connectivity index (χ3v) is 2.59. The molecule has 1 atom stereocenters. The molecule has 1 aromatic carbocycles. The van der Waals surface area contributed by atoms with Gasteiger partial charge in [-0.05, 0) is 13.0 Å². The number of hydrazone groups is 2. The predicted octanol–water partition coefficient (Wildman–Crippen LogP) is -0.0692. The monoisotopic (exact) mass is 294 g/mol. The van der Waals surface area contributed by atoms with Crippen molar-refractivity contribution in [1.82, 2.24) is 21.3 Å². The van der Waals surface area contributed by atoms with Crippen LogP contribution >= 0.6 is 0 Å². The second-order valence-electron chi connectivity index (χ2n) is 4.31. The highest BCUT2D eigenvalue weighted by atomic mass is 19.1. The molecular weight excluding hydrogens is 279 g/mol. The molecular formula is C12H15FN6O2. The van der Waals surface area contributed by atoms with Gasteiger partial charge in [-0.15, -0.1) is 0 Å². The molecule has 0 aliphatic carbocycles. The Balaban J connectivity index is 1.85. The number of amides is 2. The molecule has 0 aromatic heterocycles. The lowest BCUT2D eigenvalue weighted by Gasteiger charge is -2.30. The van der Waals surface area contributed by atoms with E-state index in [-0.39, 0.29) is 12.1 Å². The lowest BCUT2D eigenvalue weighted by atomic mass is 10.2. The number of nitrogens with zero attached hydrogens (tertiary/aromatic N) is 3. The van der Waals surface area contributed by atoms with Crippen LogP contribution in [0.15, 0.2) is 34.5 Å². The lowest BCUT2D eigenvalue weighted by molar-refractivity contribution is -0.0413. The van der Waals surface area contributed by atoms with Crippen LogP contribution in [0.5, 0.6) is 0 Å². The van der Waals surface area contributed by atoms with Crippen molar-refractivity contribution in [2.75, 3.05) is 6.54 Å². The van der Waals surface area contributed by atoms with Crippen LogP contribution in [-0.4, -0.2) is 41.0 Å². The average Bonchev–Trinajstić information content (AvgIpc) is 2.45. The van der Waals surface area contributed by atoms with Gasteiger partial charge >= 0.3 is 6.03 Å². The molecule has 1 aliphatic heterocycles. The fourth-order valence-electron chi connectivity index (χ4n) is 1.60. The van der Waals surface area contributed by atoms with Crippen LogP contribution in [0.25, 0.3) is 0 Å². The minimum absolute atomic E-state index is 0.250. The first-order valence-electron chi connectivity index (χ1n) is 6.14. The summed E-state index contributed by atoms with van der Waals surface area (Å²) in [6, 6.07) is 5.36. The molecule has 4 N–H and O–H groups in total. The van der Waals surface area contributed by atoms with Crippen molar-refractivity contribution in [3.63, 3.8) is 0 Å². The maximum absolute atomic E-state index is 13.3. The van der Waals surface area contributed by atoms with E-state index in [4.69, 9.17) is 0 Å². The summed E-state index contributed by atoms with van der Waals surface area (Å²) in [5.41, 5.74) is 7.91. The Hall–Kier alpha value is -2.52. The number of aliphatic hydroxyl groups excluding tert-OH is 1. The van der Waals surface area contributed by atoms with Crippen molar-refractivity contribution in [3.05, 3.63) is 35.6 Å². The molecule has 2 rings (SSSR count). The van der Waals surface area contributed by atoms with Crippen molar-refractivity contribution < 1.29 is 14.3 Å². The Morgan fingerprint density at radius 1 is 1.62 bits per heavy atom. The Morgan fingerprint density at radius 2 is 2.38 bits per heavy atom. The summed E-state index contributed by atoms with van der Waals surface area (Å²) in [6.07, 6.45) is 0.0574. The number of aliphatic hydroxyl groups is 1. The molecule has 0 spiro atoms. The molecule has 0 fully saturated rings. The highest BCUT2D eigenvalue weighted by Gasteiger charge is 2.21. The maximum Gasteiger partial charge on any atom is 0.349 e. The van der Waals surface area contributed by atoms with E-state index in [0.717, 1.165) is 0 Å². The van der Waals surface area contributed by atoms with Gasteiger partial charge in [-0.2, -0.15) is 15.2 Å². The molecule has 21 heavy (non-hydrogen) atoms. The van der Waals surface area contributed by atoms with Gasteiger partial charge in [0.05, 0.1) is 18.5 Å². The highest BCUT2D eigenvalue weighted by Crippen LogP contribution is 2.02. The van der Waals surface area contributed by atoms with Gasteiger partial charge in [0.15, 0.2) is 0 Å². The maximum atomic E-state index is 13.3. The van der Waals surface area contributed by atoms with Crippen LogP contribution in [-0.2, 0) is 0 Å². The molecule has 0 bridgehead atoms. The predicted molar refractivity (Wildman–Crippen MR) is 74.6 cm³/mol. The summed E-state index contributed by atoms with van der Waals surface area (Å²) in [7, 11) is 0. The van der Waals surface area contributed by atoms with E-state index < -0.39 is 18.2 Å². The van der Waals surface area contributed by atoms with Crippen LogP contribution in [0.2, 0.25) is 0 Å². The molecule has 1 aliphatic rings. The summed E-state index contributed by atoms with van der Waals surface area (Å²) in [6.45, 7) is 2.00. The van der Waals surface area contributed by atoms with Crippen molar-refractivity contribution in [1.29, 1.82) is 0 Å². The van der Waals surface area contributed by atoms with Gasteiger partial charge in [-0.25, -0.2) is 14.6 Å². The molecule has 0 saturated heterocycles. The van der Waals surface area contributed by atoms with Gasteiger partial charge in [-0.1, -0.05) is 18.2 Å². The molecule has 8 nitrogen and oxygen atoms in total. The molecule has 0 radical (unpaired) electrons. The van der Waals surface area contributed by atoms with E-state index in [1.807, 2.05) is 0 Å². The number of hydrogen-bond donors (Lipinski definition) is 4. The minimum atomic E-state index is -1.13. The van der Waals surface area contributed by atoms with E-state index in [0.29, 0.717) is 5.71 Å². The van der Waals surface area contributed by atoms with Crippen LogP contribution in [0.3, 0.4) is 0 Å². The first-order valence-corrected chi connectivity index (χ1v) is 6.14. The van der Waals surface area contributed by atoms with Crippen LogP contribution in [0.1, 0.15) is 12.5 Å². The standard InChI is InChI=1S/C12H15FN6O2/c1-8-7-19(12(21)17-15-8)18-11(20)16-14-6-9-4-2-3-5-10(9)13/h2-6,12,17,21H,7H2,1H3,(H2,16,18,20)/b14-6+. The molecule has 112 valence electrons. The van der Waals surface area contributed by atoms with Crippen molar-refractivity contribution in [2.24, 2.45) is 10.2 Å². The van der Waals surface area contributed by atoms with Crippen molar-refractivity contribution in [3.8, 4) is 0 Å². The van der Waals surface area contributed by atoms with Gasteiger partial charge in [0.25, 0.3) is 0 Å². The minimum Gasteiger partial charge on any atom is -0.359 e. The Bertz CT molecular complexity index is 577. The van der Waals surface area contributed by atoms with Gasteiger partial charge in [0.1, 0.15) is 5.82 Å². The smallest absolute Gasteiger partial charge is 0.349 e. The number of urea groups is 1. The topological polar surface area (TPSA) is 101 Å². The number of rotatable bonds is 3. The van der Waals surface area contributed by atoms with Gasteiger partial charge < -0.3 is 5.11 Å². The number of carbonyl (C=O) groups is 1.